The van der Waals surface area contributed by atoms with Crippen molar-refractivity contribution in [1.29, 1.82) is 0 Å². The number of pyridine rings is 1. The molecule has 0 saturated carbocycles. The monoisotopic (exact) mass is 224 g/mol. The quantitative estimate of drug-likeness (QED) is 0.718. The lowest BCUT2D eigenvalue weighted by Crippen LogP contribution is -2.35. The Morgan fingerprint density at radius 1 is 1.60 bits per heavy atom. The van der Waals surface area contributed by atoms with Crippen molar-refractivity contribution in [3.63, 3.8) is 0 Å². The van der Waals surface area contributed by atoms with E-state index in [9.17, 15) is 0 Å². The Morgan fingerprint density at radius 3 is 3.20 bits per heavy atom. The van der Waals surface area contributed by atoms with Crippen molar-refractivity contribution in [3.05, 3.63) is 29.6 Å². The number of rotatable bonds is 2. The molecule has 2 rings (SSSR count). The third-order valence-electron chi connectivity index (χ3n) is 2.94. The second-order valence-corrected chi connectivity index (χ2v) is 4.86. The van der Waals surface area contributed by atoms with E-state index in [1.165, 1.54) is 17.7 Å². The summed E-state index contributed by atoms with van der Waals surface area (Å²) in [5, 5.41) is 0.322. The van der Waals surface area contributed by atoms with E-state index in [1.807, 2.05) is 12.3 Å². The molecule has 0 bridgehead atoms. The third kappa shape index (κ3) is 2.93. The van der Waals surface area contributed by atoms with Crippen LogP contribution in [0.15, 0.2) is 18.3 Å². The van der Waals surface area contributed by atoms with Gasteiger partial charge in [0.1, 0.15) is 0 Å². The van der Waals surface area contributed by atoms with Gasteiger partial charge in [-0.25, -0.2) is 0 Å². The highest BCUT2D eigenvalue weighted by Gasteiger charge is 2.18. The average molecular weight is 225 g/mol. The first kappa shape index (κ1) is 10.9. The maximum Gasteiger partial charge on any atom is 0.0573 e. The molecule has 0 aliphatic carbocycles. The molecule has 2 nitrogen and oxygen atoms in total. The molecule has 1 fully saturated rings. The summed E-state index contributed by atoms with van der Waals surface area (Å²) in [5.41, 5.74) is 2.46. The predicted octanol–water partition coefficient (Wildman–Crippen LogP) is 2.59. The van der Waals surface area contributed by atoms with Crippen molar-refractivity contribution < 1.29 is 0 Å². The highest BCUT2D eigenvalue weighted by atomic mass is 35.5. The molecule has 2 heterocycles. The third-order valence-corrected chi connectivity index (χ3v) is 3.30. The van der Waals surface area contributed by atoms with E-state index in [4.69, 9.17) is 11.6 Å². The second kappa shape index (κ2) is 4.95. The molecule has 0 radical (unpaired) electrons. The molecule has 0 N–H and O–H groups in total. The Morgan fingerprint density at radius 2 is 2.47 bits per heavy atom. The zero-order valence-corrected chi connectivity index (χ0v) is 9.87. The van der Waals surface area contributed by atoms with E-state index in [2.05, 4.69) is 22.9 Å². The van der Waals surface area contributed by atoms with Gasteiger partial charge in [-0.2, -0.15) is 0 Å². The van der Waals surface area contributed by atoms with Gasteiger partial charge in [-0.15, -0.1) is 11.6 Å². The van der Waals surface area contributed by atoms with Gasteiger partial charge in [0, 0.05) is 24.7 Å². The second-order valence-electron chi connectivity index (χ2n) is 4.24. The Labute approximate surface area is 96.3 Å². The van der Waals surface area contributed by atoms with Gasteiger partial charge in [0.05, 0.1) is 5.69 Å². The van der Waals surface area contributed by atoms with Crippen LogP contribution in [0.25, 0.3) is 0 Å². The van der Waals surface area contributed by atoms with Crippen LogP contribution in [0.2, 0.25) is 0 Å². The van der Waals surface area contributed by atoms with Crippen molar-refractivity contribution in [2.24, 2.45) is 0 Å². The number of nitrogens with zero attached hydrogens (tertiary/aromatic N) is 2. The molecule has 0 spiro atoms. The van der Waals surface area contributed by atoms with E-state index < -0.39 is 0 Å². The van der Waals surface area contributed by atoms with Gasteiger partial charge in [-0.05, 0) is 37.9 Å². The summed E-state index contributed by atoms with van der Waals surface area (Å²) >= 11 is 6.16. The largest absolute Gasteiger partial charge is 0.296 e. The van der Waals surface area contributed by atoms with Crippen molar-refractivity contribution in [2.45, 2.75) is 31.7 Å². The van der Waals surface area contributed by atoms with Gasteiger partial charge >= 0.3 is 0 Å². The highest BCUT2D eigenvalue weighted by Crippen LogP contribution is 2.17. The molecule has 1 saturated heterocycles. The summed E-state index contributed by atoms with van der Waals surface area (Å²) in [7, 11) is 0. The topological polar surface area (TPSA) is 16.1 Å². The van der Waals surface area contributed by atoms with E-state index in [0.717, 1.165) is 26.1 Å². The van der Waals surface area contributed by atoms with Crippen molar-refractivity contribution >= 4 is 11.6 Å². The minimum absolute atomic E-state index is 0.322. The number of aryl methyl sites for hydroxylation is 1. The summed E-state index contributed by atoms with van der Waals surface area (Å²) in [4.78, 5) is 6.81. The summed E-state index contributed by atoms with van der Waals surface area (Å²) < 4.78 is 0. The van der Waals surface area contributed by atoms with Gasteiger partial charge in [-0.3, -0.25) is 9.88 Å². The summed E-state index contributed by atoms with van der Waals surface area (Å²) in [6, 6.07) is 4.10. The number of halogens is 1. The number of likely N-dealkylation sites (tertiary alicyclic amines) is 1. The molecular formula is C12H17ClN2. The minimum Gasteiger partial charge on any atom is -0.296 e. The first-order valence-electron chi connectivity index (χ1n) is 5.52. The van der Waals surface area contributed by atoms with Crippen LogP contribution < -0.4 is 0 Å². The summed E-state index contributed by atoms with van der Waals surface area (Å²) in [5.74, 6) is 0. The van der Waals surface area contributed by atoms with Gasteiger partial charge in [-0.1, -0.05) is 6.07 Å². The Balaban J connectivity index is 1.99. The molecule has 3 heteroatoms. The molecule has 82 valence electrons. The highest BCUT2D eigenvalue weighted by molar-refractivity contribution is 6.20. The zero-order chi connectivity index (χ0) is 10.7. The maximum absolute atomic E-state index is 6.16. The molecule has 1 unspecified atom stereocenters. The van der Waals surface area contributed by atoms with E-state index in [1.54, 1.807) is 0 Å². The van der Waals surface area contributed by atoms with Crippen LogP contribution in [0.1, 0.15) is 24.1 Å². The van der Waals surface area contributed by atoms with E-state index >= 15 is 0 Å². The normalized spacial score (nSPS) is 22.9. The maximum atomic E-state index is 6.16. The average Bonchev–Trinajstić information content (AvgIpc) is 2.22. The molecule has 1 aliphatic heterocycles. The summed E-state index contributed by atoms with van der Waals surface area (Å²) in [6.07, 6.45) is 4.23. The molecule has 1 atom stereocenters. The van der Waals surface area contributed by atoms with E-state index in [0.29, 0.717) is 5.38 Å². The molecule has 1 aromatic rings. The van der Waals surface area contributed by atoms with Gasteiger partial charge < -0.3 is 0 Å². The Hall–Kier alpha value is -0.600. The number of aromatic nitrogens is 1. The molecule has 0 aromatic carbocycles. The summed E-state index contributed by atoms with van der Waals surface area (Å²) in [6.45, 7) is 5.21. The molecule has 15 heavy (non-hydrogen) atoms. The van der Waals surface area contributed by atoms with Crippen LogP contribution >= 0.6 is 11.6 Å². The fraction of sp³-hybridized carbons (Fsp3) is 0.583. The van der Waals surface area contributed by atoms with Gasteiger partial charge in [0.2, 0.25) is 0 Å². The Bertz CT molecular complexity index is 327. The number of alkyl halides is 1. The molecule has 1 aliphatic rings. The molecular weight excluding hydrogens is 208 g/mol. The van der Waals surface area contributed by atoms with Crippen LogP contribution in [0, 0.1) is 6.92 Å². The lowest BCUT2D eigenvalue weighted by molar-refractivity contribution is 0.221. The van der Waals surface area contributed by atoms with Crippen LogP contribution in [-0.4, -0.2) is 28.4 Å². The van der Waals surface area contributed by atoms with Crippen molar-refractivity contribution in [3.8, 4) is 0 Å². The molecule has 0 amide bonds. The van der Waals surface area contributed by atoms with Crippen LogP contribution in [0.5, 0.6) is 0 Å². The number of piperidine rings is 1. The fourth-order valence-corrected chi connectivity index (χ4v) is 2.39. The van der Waals surface area contributed by atoms with Gasteiger partial charge in [0.25, 0.3) is 0 Å². The zero-order valence-electron chi connectivity index (χ0n) is 9.12. The first-order valence-corrected chi connectivity index (χ1v) is 5.96. The van der Waals surface area contributed by atoms with Crippen LogP contribution in [0.4, 0.5) is 0 Å². The van der Waals surface area contributed by atoms with Crippen LogP contribution in [-0.2, 0) is 6.54 Å². The smallest absolute Gasteiger partial charge is 0.0573 e. The van der Waals surface area contributed by atoms with Crippen molar-refractivity contribution in [1.82, 2.24) is 9.88 Å². The van der Waals surface area contributed by atoms with Crippen molar-refractivity contribution in [2.75, 3.05) is 13.1 Å². The SMILES string of the molecule is Cc1cccnc1CN1CCCC(Cl)C1. The minimum atomic E-state index is 0.322. The Kier molecular flexibility index (Phi) is 3.60. The van der Waals surface area contributed by atoms with Crippen LogP contribution in [0.3, 0.4) is 0 Å². The fourth-order valence-electron chi connectivity index (χ4n) is 2.04. The standard InChI is InChI=1S/C12H17ClN2/c1-10-4-2-6-14-12(10)9-15-7-3-5-11(13)8-15/h2,4,6,11H,3,5,7-9H2,1H3. The lowest BCUT2D eigenvalue weighted by Gasteiger charge is -2.29. The number of hydrogen-bond acceptors (Lipinski definition) is 2. The van der Waals surface area contributed by atoms with E-state index in [-0.39, 0.29) is 0 Å². The first-order chi connectivity index (χ1) is 7.25. The predicted molar refractivity (Wildman–Crippen MR) is 63.1 cm³/mol. The van der Waals surface area contributed by atoms with Gasteiger partial charge in [0.15, 0.2) is 0 Å². The molecule has 1 aromatic heterocycles. The lowest BCUT2D eigenvalue weighted by atomic mass is 10.1. The number of hydrogen-bond donors (Lipinski definition) is 0.